The molecule has 5 aliphatic carbocycles. The number of carboxylic acid groups (broad SMARTS) is 1. The molecule has 9 aliphatic heterocycles. The van der Waals surface area contributed by atoms with Gasteiger partial charge in [0.1, 0.15) is 170 Å². The van der Waals surface area contributed by atoms with Crippen LogP contribution in [0, 0.1) is 50.2 Å². The smallest absolute Gasteiger partial charge is 0.335 e. The molecule has 14 rings (SSSR count). The molecule has 0 aromatic heterocycles. The Labute approximate surface area is 746 Å². The molecule has 0 aromatic rings. The highest BCUT2D eigenvalue weighted by atomic mass is 16.8. The molecule has 46 nitrogen and oxygen atoms in total. The molecule has 52 atom stereocenters. The molecule has 13 fully saturated rings. The highest BCUT2D eigenvalue weighted by Crippen LogP contribution is 2.76. The highest BCUT2D eigenvalue weighted by Gasteiger charge is 2.74. The maximum Gasteiger partial charge on any atom is 0.335 e. The molecule has 9 saturated heterocycles. The van der Waals surface area contributed by atoms with Gasteiger partial charge >= 0.3 is 17.9 Å². The van der Waals surface area contributed by atoms with Crippen LogP contribution in [0.2, 0.25) is 0 Å². The van der Waals surface area contributed by atoms with E-state index in [0.29, 0.717) is 19.3 Å². The Morgan fingerprint density at radius 2 is 0.938 bits per heavy atom. The number of carbonyl (C=O) groups is 4. The Kier molecular flexibility index (Phi) is 30.5. The lowest BCUT2D eigenvalue weighted by Crippen LogP contribution is -2.70. The SMILES string of the molecule is CC(=O)O[C@@H]1[C@H](O[C@@H]2O[C@@H](C)[C@H](O)[C@@H](O)[C@H]2O)[C@@H](O[C@@H]2O[C@@H](C)[C@H](O[C@@H]3OC[C@@H](O)[C@H](O[C@@H]4OC[C@](O)(CO)[C@@H]4O)[C@H]3O)[C@@H](O[C@@H]3O[C@H](CO)[C@@H](O)[C@H](O)[C@H]3O)[C@H]2O)[C@H](OC(=O)[C@]23CCC(C)(C)C[C@H]2C2=CC[C@@H]4[C@@]5(C)CC[C@H](O[C@@H]6O[C@H](C(=O)O)[C@@H](O)[C@H](O[C@@H]7O[C@@H](C)[C@H](O)[C@@H](O)[C@H]7O)[C@H]6O[C@@H]6O[C@H](CO)[C@H](O)[C@H](O)[C@H]6O)[C@@](C)(C=O)[C@@H]5CC[C@@]4(C)[C@]2(C)C[C@H]3O)O[C@@H]1C. The van der Waals surface area contributed by atoms with Crippen molar-refractivity contribution in [3.8, 4) is 0 Å². The second-order valence-electron chi connectivity index (χ2n) is 39.9. The number of fused-ring (bicyclic) bond motifs is 7. The first-order chi connectivity index (χ1) is 60.9. The number of hydrogen-bond acceptors (Lipinski definition) is 45. The van der Waals surface area contributed by atoms with Gasteiger partial charge in [-0.05, 0) is 125 Å². The highest BCUT2D eigenvalue weighted by molar-refractivity contribution is 5.80. The summed E-state index contributed by atoms with van der Waals surface area (Å²) in [4.78, 5) is 57.8. The lowest BCUT2D eigenvalue weighted by atomic mass is 9.33. The number of aliphatic hydroxyl groups is 22. The zero-order valence-corrected chi connectivity index (χ0v) is 73.8. The summed E-state index contributed by atoms with van der Waals surface area (Å²) in [6.45, 7) is 14.1. The van der Waals surface area contributed by atoms with Gasteiger partial charge in [-0.1, -0.05) is 53.2 Å². The molecule has 14 aliphatic rings. The van der Waals surface area contributed by atoms with Gasteiger partial charge in [-0.25, -0.2) is 4.79 Å². The number of aliphatic carboxylic acids is 1. The molecule has 0 radical (unpaired) electrons. The molecule has 9 heterocycles. The molecule has 46 heteroatoms. The standard InChI is InChI=1S/C84H132O46/c1-28-42(92)46(96)50(100)69(114-28)124-60-54(104)62(67(108)109)126-75(64(60)128-72-53(103)49(99)45(95)37(23-86)120-72)121-41-15-16-79(8)38(80(41,9)25-87)14-17-81(10)39(79)13-12-33-34-20-78(6,7)18-19-84(34,40(91)21-82(33,81)11)77(110)130-74-65(63(58(31(4)117-74)118-32(5)89)127-70-51(101)47(97)43(93)29(2)115-70)129-73-56(106)61(125-71-52(102)48(98)44(94)36(22-85)119-71)57(30(3)116-73)122-68-55(105)59(35(90)24-112-68)123-76-66(107)83(111,26-88)27-113-76/h12,25,28-31,34-66,68-76,85-86,88,90-107,111H,13-24,26-27H2,1-11H3,(H,108,109)/t28-,29-,30-,31+,34-,35+,36+,37+,38+,39+,40+,41-,42-,43-,44+,45-,46+,47+,48-,49-,50+,51+,52+,53+,54-,55+,56+,57-,58-,59-,60-,61-,62-,63-,64+,65+,66+,68-,69-,70-,71-,72-,73-,74-,75+,76-,79-,80-,81+,82+,83+,84+/m0/s1. The molecule has 744 valence electrons. The quantitative estimate of drug-likeness (QED) is 0.0185. The average molecular weight is 1880 g/mol. The fraction of sp³-hybridized carbons (Fsp3) is 0.929. The van der Waals surface area contributed by atoms with Crippen LogP contribution in [-0.2, 0) is 109 Å². The van der Waals surface area contributed by atoms with E-state index in [4.69, 9.17) is 90.0 Å². The molecule has 0 amide bonds. The Hall–Kier alpha value is -3.74. The summed E-state index contributed by atoms with van der Waals surface area (Å²) >= 11 is 0. The van der Waals surface area contributed by atoms with Gasteiger partial charge in [-0.15, -0.1) is 0 Å². The minimum absolute atomic E-state index is 0.0205. The topological polar surface area (TPSA) is 709 Å². The van der Waals surface area contributed by atoms with Crippen LogP contribution < -0.4 is 0 Å². The van der Waals surface area contributed by atoms with Crippen LogP contribution in [0.5, 0.6) is 0 Å². The lowest BCUT2D eigenvalue weighted by Gasteiger charge is -2.71. The number of carboxylic acids is 1. The van der Waals surface area contributed by atoms with E-state index in [2.05, 4.69) is 19.9 Å². The van der Waals surface area contributed by atoms with Crippen molar-refractivity contribution in [3.05, 3.63) is 11.6 Å². The molecule has 4 saturated carbocycles. The predicted molar refractivity (Wildman–Crippen MR) is 420 cm³/mol. The molecule has 0 aromatic carbocycles. The third-order valence-electron chi connectivity index (χ3n) is 31.4. The first-order valence-electron chi connectivity index (χ1n) is 44.6. The summed E-state index contributed by atoms with van der Waals surface area (Å²) in [6, 6.07) is 0. The number of aliphatic hydroxyl groups excluding tert-OH is 21. The van der Waals surface area contributed by atoms with Gasteiger partial charge < -0.3 is 212 Å². The van der Waals surface area contributed by atoms with Crippen LogP contribution in [-0.4, -0.2) is 444 Å². The van der Waals surface area contributed by atoms with E-state index in [-0.39, 0.29) is 44.4 Å². The van der Waals surface area contributed by atoms with E-state index in [1.54, 1.807) is 6.92 Å². The van der Waals surface area contributed by atoms with Crippen LogP contribution in [0.25, 0.3) is 0 Å². The Morgan fingerprint density at radius 3 is 1.48 bits per heavy atom. The van der Waals surface area contributed by atoms with Crippen molar-refractivity contribution in [3.63, 3.8) is 0 Å². The van der Waals surface area contributed by atoms with Crippen LogP contribution >= 0.6 is 0 Å². The van der Waals surface area contributed by atoms with E-state index in [9.17, 15) is 132 Å². The van der Waals surface area contributed by atoms with Crippen molar-refractivity contribution in [1.29, 1.82) is 0 Å². The van der Waals surface area contributed by atoms with Crippen molar-refractivity contribution in [2.45, 2.75) is 404 Å². The van der Waals surface area contributed by atoms with Crippen molar-refractivity contribution >= 4 is 24.2 Å². The molecular formula is C84H132O46. The summed E-state index contributed by atoms with van der Waals surface area (Å²) in [5, 5.41) is 258. The third-order valence-corrected chi connectivity index (χ3v) is 31.4. The maximum absolute atomic E-state index is 16.7. The Bertz CT molecular complexity index is 3930. The number of carbonyl (C=O) groups excluding carboxylic acids is 3. The average Bonchev–Trinajstić information content (AvgIpc) is 1.45. The Balaban J connectivity index is 0.781. The number of ether oxygens (including phenoxy) is 19. The van der Waals surface area contributed by atoms with E-state index in [1.807, 2.05) is 20.8 Å². The van der Waals surface area contributed by atoms with Gasteiger partial charge in [0, 0.05) is 6.92 Å². The predicted octanol–water partition coefficient (Wildman–Crippen LogP) is -8.71. The first-order valence-corrected chi connectivity index (χ1v) is 44.6. The van der Waals surface area contributed by atoms with Crippen LogP contribution in [0.3, 0.4) is 0 Å². The Morgan fingerprint density at radius 1 is 0.454 bits per heavy atom. The number of allylic oxidation sites excluding steroid dienone is 2. The summed E-state index contributed by atoms with van der Waals surface area (Å²) in [7, 11) is 0. The summed E-state index contributed by atoms with van der Waals surface area (Å²) < 4.78 is 117. The number of esters is 2. The minimum atomic E-state index is -2.36. The normalized spacial score (nSPS) is 54.4. The second kappa shape index (κ2) is 38.8. The van der Waals surface area contributed by atoms with Gasteiger partial charge in [0.15, 0.2) is 68.6 Å². The largest absolute Gasteiger partial charge is 0.479 e. The van der Waals surface area contributed by atoms with Crippen molar-refractivity contribution in [2.24, 2.45) is 50.2 Å². The second-order valence-corrected chi connectivity index (χ2v) is 39.9. The zero-order chi connectivity index (χ0) is 95.1. The number of rotatable bonds is 24. The van der Waals surface area contributed by atoms with Crippen molar-refractivity contribution in [1.82, 2.24) is 0 Å². The monoisotopic (exact) mass is 1880 g/mol. The van der Waals surface area contributed by atoms with E-state index in [1.165, 1.54) is 27.7 Å². The first kappa shape index (κ1) is 102. The fourth-order valence-electron chi connectivity index (χ4n) is 23.4. The van der Waals surface area contributed by atoms with E-state index in [0.717, 1.165) is 18.8 Å². The zero-order valence-electron chi connectivity index (χ0n) is 73.8. The molecule has 23 N–H and O–H groups in total. The van der Waals surface area contributed by atoms with Gasteiger partial charge in [0.05, 0.1) is 75.1 Å². The molecular weight excluding hydrogens is 1740 g/mol. The molecule has 0 unspecified atom stereocenters. The van der Waals surface area contributed by atoms with Crippen LogP contribution in [0.15, 0.2) is 11.6 Å². The van der Waals surface area contributed by atoms with Crippen LogP contribution in [0.1, 0.15) is 134 Å². The van der Waals surface area contributed by atoms with Gasteiger partial charge in [0.25, 0.3) is 0 Å². The molecule has 0 spiro atoms. The summed E-state index contributed by atoms with van der Waals surface area (Å²) in [6.07, 6.45) is -77.2. The fourth-order valence-corrected chi connectivity index (χ4v) is 23.4. The minimum Gasteiger partial charge on any atom is -0.479 e. The van der Waals surface area contributed by atoms with Gasteiger partial charge in [0.2, 0.25) is 6.29 Å². The molecule has 0 bridgehead atoms. The summed E-state index contributed by atoms with van der Waals surface area (Å²) in [5.74, 6) is -5.61. The number of aldehydes is 1. The van der Waals surface area contributed by atoms with E-state index < -0.39 is 365 Å². The summed E-state index contributed by atoms with van der Waals surface area (Å²) in [5.41, 5.74) is -8.02. The van der Waals surface area contributed by atoms with Crippen LogP contribution in [0.4, 0.5) is 0 Å². The van der Waals surface area contributed by atoms with Gasteiger partial charge in [-0.2, -0.15) is 0 Å². The van der Waals surface area contributed by atoms with Crippen molar-refractivity contribution < 1.29 is 227 Å². The molecule has 130 heavy (non-hydrogen) atoms. The van der Waals surface area contributed by atoms with E-state index >= 15 is 4.79 Å². The van der Waals surface area contributed by atoms with Gasteiger partial charge in [-0.3, -0.25) is 9.59 Å². The maximum atomic E-state index is 16.7. The number of hydrogen-bond donors (Lipinski definition) is 23. The lowest BCUT2D eigenvalue weighted by molar-refractivity contribution is -0.404. The third kappa shape index (κ3) is 18.0. The van der Waals surface area contributed by atoms with Crippen molar-refractivity contribution in [2.75, 3.05) is 33.0 Å².